The van der Waals surface area contributed by atoms with Crippen molar-refractivity contribution < 1.29 is 4.74 Å². The van der Waals surface area contributed by atoms with Gasteiger partial charge in [0.05, 0.1) is 0 Å². The maximum atomic E-state index is 5.35. The first-order chi connectivity index (χ1) is 10.3. The molecule has 1 fully saturated rings. The average Bonchev–Trinajstić information content (AvgIpc) is 2.94. The maximum Gasteiger partial charge on any atom is 0.202 e. The molecule has 1 saturated carbocycles. The van der Waals surface area contributed by atoms with E-state index in [-0.39, 0.29) is 0 Å². The third-order valence-corrected chi connectivity index (χ3v) is 4.58. The summed E-state index contributed by atoms with van der Waals surface area (Å²) in [7, 11) is 0. The number of hydrogen-bond acceptors (Lipinski definition) is 3. The maximum absolute atomic E-state index is 5.35. The van der Waals surface area contributed by atoms with Crippen molar-refractivity contribution in [1.29, 1.82) is 0 Å². The Morgan fingerprint density at radius 1 is 1.33 bits per heavy atom. The Hall–Kier alpha value is -1.03. The lowest BCUT2D eigenvalue weighted by atomic mass is 9.81. The number of nitrogens with one attached hydrogen (secondary N) is 1. The summed E-state index contributed by atoms with van der Waals surface area (Å²) in [6.07, 6.45) is 12.0. The molecule has 120 valence electrons. The van der Waals surface area contributed by atoms with Crippen LogP contribution in [0.2, 0.25) is 0 Å². The summed E-state index contributed by atoms with van der Waals surface area (Å²) < 4.78 is 7.61. The summed E-state index contributed by atoms with van der Waals surface area (Å²) in [5.41, 5.74) is 0. The largest absolute Gasteiger partial charge is 0.382 e. The van der Waals surface area contributed by atoms with E-state index < -0.39 is 0 Å². The zero-order chi connectivity index (χ0) is 14.9. The second-order valence-corrected chi connectivity index (χ2v) is 6.34. The molecule has 0 saturated heterocycles. The number of rotatable bonds is 9. The molecule has 1 heterocycles. The van der Waals surface area contributed by atoms with E-state index in [1.165, 1.54) is 32.1 Å². The fourth-order valence-electron chi connectivity index (χ4n) is 3.12. The van der Waals surface area contributed by atoms with Crippen molar-refractivity contribution in [2.45, 2.75) is 58.9 Å². The van der Waals surface area contributed by atoms with Crippen LogP contribution in [0.3, 0.4) is 0 Å². The van der Waals surface area contributed by atoms with Crippen LogP contribution in [0.15, 0.2) is 12.4 Å². The van der Waals surface area contributed by atoms with Gasteiger partial charge in [-0.05, 0) is 31.6 Å². The number of hydrogen-bond donors (Lipinski definition) is 1. The van der Waals surface area contributed by atoms with Gasteiger partial charge in [0, 0.05) is 38.7 Å². The van der Waals surface area contributed by atoms with Gasteiger partial charge < -0.3 is 14.6 Å². The molecule has 0 amide bonds. The molecule has 0 atom stereocenters. The van der Waals surface area contributed by atoms with E-state index >= 15 is 0 Å². The third-order valence-electron chi connectivity index (χ3n) is 4.58. The van der Waals surface area contributed by atoms with E-state index in [0.29, 0.717) is 0 Å². The van der Waals surface area contributed by atoms with Crippen LogP contribution in [0, 0.1) is 11.8 Å². The van der Waals surface area contributed by atoms with Crippen molar-refractivity contribution in [2.75, 3.05) is 25.1 Å². The van der Waals surface area contributed by atoms with E-state index in [9.17, 15) is 0 Å². The molecule has 0 bridgehead atoms. The highest BCUT2D eigenvalue weighted by Crippen LogP contribution is 2.30. The van der Waals surface area contributed by atoms with Gasteiger partial charge in [-0.1, -0.05) is 32.6 Å². The molecule has 1 N–H and O–H groups in total. The summed E-state index contributed by atoms with van der Waals surface area (Å²) in [6.45, 7) is 8.06. The number of anilines is 1. The van der Waals surface area contributed by atoms with Crippen LogP contribution in [-0.2, 0) is 11.3 Å². The van der Waals surface area contributed by atoms with Crippen molar-refractivity contribution in [2.24, 2.45) is 11.8 Å². The van der Waals surface area contributed by atoms with Gasteiger partial charge in [0.15, 0.2) is 0 Å². The molecule has 1 aliphatic carbocycles. The van der Waals surface area contributed by atoms with E-state index in [1.54, 1.807) is 0 Å². The van der Waals surface area contributed by atoms with Crippen LogP contribution in [0.1, 0.15) is 52.4 Å². The molecular formula is C17H31N3O. The zero-order valence-electron chi connectivity index (χ0n) is 13.7. The number of aryl methyl sites for hydroxylation is 1. The number of nitrogens with zero attached hydrogens (tertiary/aromatic N) is 2. The van der Waals surface area contributed by atoms with Crippen LogP contribution in [0.5, 0.6) is 0 Å². The predicted molar refractivity (Wildman–Crippen MR) is 87.6 cm³/mol. The Morgan fingerprint density at radius 2 is 2.14 bits per heavy atom. The summed E-state index contributed by atoms with van der Waals surface area (Å²) in [4.78, 5) is 4.42. The van der Waals surface area contributed by atoms with Crippen molar-refractivity contribution >= 4 is 5.95 Å². The first-order valence-corrected chi connectivity index (χ1v) is 8.62. The lowest BCUT2D eigenvalue weighted by molar-refractivity contribution is 0.147. The van der Waals surface area contributed by atoms with Crippen molar-refractivity contribution in [3.63, 3.8) is 0 Å². The molecule has 0 radical (unpaired) electrons. The number of ether oxygens (including phenoxy) is 1. The van der Waals surface area contributed by atoms with E-state index in [4.69, 9.17) is 4.74 Å². The van der Waals surface area contributed by atoms with E-state index in [0.717, 1.165) is 50.5 Å². The fourth-order valence-corrected chi connectivity index (χ4v) is 3.12. The minimum atomic E-state index is 0.800. The zero-order valence-corrected chi connectivity index (χ0v) is 13.7. The van der Waals surface area contributed by atoms with Gasteiger partial charge in [-0.2, -0.15) is 0 Å². The number of aromatic nitrogens is 2. The summed E-state index contributed by atoms with van der Waals surface area (Å²) in [5, 5.41) is 3.42. The highest BCUT2D eigenvalue weighted by molar-refractivity contribution is 5.25. The van der Waals surface area contributed by atoms with Gasteiger partial charge in [0.1, 0.15) is 0 Å². The summed E-state index contributed by atoms with van der Waals surface area (Å²) >= 11 is 0. The van der Waals surface area contributed by atoms with Crippen LogP contribution in [-0.4, -0.2) is 29.3 Å². The number of imidazole rings is 1. The first kappa shape index (κ1) is 16.3. The molecule has 0 unspecified atom stereocenters. The third kappa shape index (κ3) is 5.70. The fraction of sp³-hybridized carbons (Fsp3) is 0.824. The molecule has 1 aromatic heterocycles. The molecule has 2 rings (SSSR count). The van der Waals surface area contributed by atoms with Crippen LogP contribution in [0.25, 0.3) is 0 Å². The van der Waals surface area contributed by atoms with Gasteiger partial charge in [-0.3, -0.25) is 0 Å². The second-order valence-electron chi connectivity index (χ2n) is 6.34. The molecule has 21 heavy (non-hydrogen) atoms. The minimum Gasteiger partial charge on any atom is -0.382 e. The molecular weight excluding hydrogens is 262 g/mol. The molecule has 0 aliphatic heterocycles. The monoisotopic (exact) mass is 293 g/mol. The topological polar surface area (TPSA) is 39.1 Å². The van der Waals surface area contributed by atoms with Crippen molar-refractivity contribution in [3.8, 4) is 0 Å². The molecule has 1 aromatic rings. The lowest BCUT2D eigenvalue weighted by Crippen LogP contribution is -2.16. The van der Waals surface area contributed by atoms with Crippen LogP contribution >= 0.6 is 0 Å². The highest BCUT2D eigenvalue weighted by atomic mass is 16.5. The Bertz CT molecular complexity index is 383. The predicted octanol–water partition coefficient (Wildman–Crippen LogP) is 3.94. The Balaban J connectivity index is 1.67. The van der Waals surface area contributed by atoms with Gasteiger partial charge in [-0.25, -0.2) is 4.98 Å². The highest BCUT2D eigenvalue weighted by Gasteiger charge is 2.18. The van der Waals surface area contributed by atoms with Gasteiger partial charge in [0.2, 0.25) is 5.95 Å². The van der Waals surface area contributed by atoms with Crippen LogP contribution < -0.4 is 5.32 Å². The standard InChI is InChI=1S/C17H31N3O/c1-3-21-14-4-10-18-17-19-11-13-20(17)12-9-16-7-5-15(2)6-8-16/h11,13,15-16H,3-10,12,14H2,1-2H3,(H,18,19). The van der Waals surface area contributed by atoms with E-state index in [1.807, 2.05) is 13.1 Å². The Kier molecular flexibility index (Phi) is 7.07. The minimum absolute atomic E-state index is 0.800. The Morgan fingerprint density at radius 3 is 2.90 bits per heavy atom. The summed E-state index contributed by atoms with van der Waals surface area (Å²) in [6, 6.07) is 0. The van der Waals surface area contributed by atoms with E-state index in [2.05, 4.69) is 28.0 Å². The van der Waals surface area contributed by atoms with Gasteiger partial charge in [-0.15, -0.1) is 0 Å². The SMILES string of the molecule is CCOCCCNc1nccn1CCC1CCC(C)CC1. The first-order valence-electron chi connectivity index (χ1n) is 8.62. The molecule has 4 heteroatoms. The molecule has 1 aliphatic rings. The van der Waals surface area contributed by atoms with Crippen molar-refractivity contribution in [3.05, 3.63) is 12.4 Å². The van der Waals surface area contributed by atoms with Gasteiger partial charge >= 0.3 is 0 Å². The Labute approximate surface area is 129 Å². The summed E-state index contributed by atoms with van der Waals surface area (Å²) in [5.74, 6) is 2.86. The lowest BCUT2D eigenvalue weighted by Gasteiger charge is -2.26. The van der Waals surface area contributed by atoms with Gasteiger partial charge in [0.25, 0.3) is 0 Å². The molecule has 4 nitrogen and oxygen atoms in total. The van der Waals surface area contributed by atoms with Crippen molar-refractivity contribution in [1.82, 2.24) is 9.55 Å². The molecule has 0 aromatic carbocycles. The molecule has 0 spiro atoms. The average molecular weight is 293 g/mol. The quantitative estimate of drug-likeness (QED) is 0.701. The smallest absolute Gasteiger partial charge is 0.202 e. The van der Waals surface area contributed by atoms with Crippen LogP contribution in [0.4, 0.5) is 5.95 Å². The normalized spacial score (nSPS) is 22.4. The second kappa shape index (κ2) is 9.08.